The fourth-order valence-corrected chi connectivity index (χ4v) is 7.00. The van der Waals surface area contributed by atoms with Gasteiger partial charge in [-0.05, 0) is 40.7 Å². The van der Waals surface area contributed by atoms with Gasteiger partial charge in [-0.1, -0.05) is 57.7 Å². The molecule has 2 fully saturated rings. The lowest BCUT2D eigenvalue weighted by atomic mass is 9.49. The number of aliphatic hydroxyl groups is 3. The summed E-state index contributed by atoms with van der Waals surface area (Å²) in [6, 6.07) is 9.22. The van der Waals surface area contributed by atoms with Crippen molar-refractivity contribution in [3.05, 3.63) is 65.3 Å². The summed E-state index contributed by atoms with van der Waals surface area (Å²) in [7, 11) is 0. The van der Waals surface area contributed by atoms with Crippen molar-refractivity contribution in [1.29, 1.82) is 0 Å². The Morgan fingerprint density at radius 3 is 2.33 bits per heavy atom. The van der Waals surface area contributed by atoms with Crippen molar-refractivity contribution in [2.75, 3.05) is 0 Å². The van der Waals surface area contributed by atoms with Crippen LogP contribution in [0.1, 0.15) is 53.0 Å². The van der Waals surface area contributed by atoms with E-state index < -0.39 is 65.1 Å². The molecule has 2 saturated carbocycles. The number of rotatable bonds is 4. The zero-order chi connectivity index (χ0) is 28.9. The van der Waals surface area contributed by atoms with E-state index in [-0.39, 0.29) is 18.6 Å². The molecule has 0 amide bonds. The standard InChI is InChI=1S/C31H38O8/c1-16-21(33)14-20-27(36)25-17(2)22(39-24(35)13-12-19-10-8-7-9-11-19)15-23(34)31(25,6)29(37)28(38-18(3)32)26(16)30(20,4)5/h7-13,20,22-23,25,27-29,34,36-37H,2,14-15H2,1,3-6H3. The van der Waals surface area contributed by atoms with Gasteiger partial charge in [0.25, 0.3) is 0 Å². The van der Waals surface area contributed by atoms with Crippen LogP contribution in [-0.4, -0.2) is 63.6 Å². The Hall–Kier alpha value is -3.07. The van der Waals surface area contributed by atoms with Crippen molar-refractivity contribution in [1.82, 2.24) is 0 Å². The lowest BCUT2D eigenvalue weighted by Crippen LogP contribution is -2.66. The number of hydrogen-bond donors (Lipinski definition) is 3. The molecule has 39 heavy (non-hydrogen) atoms. The molecule has 210 valence electrons. The third kappa shape index (κ3) is 4.90. The highest BCUT2D eigenvalue weighted by atomic mass is 16.6. The Morgan fingerprint density at radius 2 is 1.72 bits per heavy atom. The molecular weight excluding hydrogens is 500 g/mol. The maximum absolute atomic E-state index is 13.1. The summed E-state index contributed by atoms with van der Waals surface area (Å²) in [5.41, 5.74) is -0.300. The van der Waals surface area contributed by atoms with Gasteiger partial charge < -0.3 is 24.8 Å². The third-order valence-corrected chi connectivity index (χ3v) is 9.21. The van der Waals surface area contributed by atoms with E-state index in [1.54, 1.807) is 19.9 Å². The van der Waals surface area contributed by atoms with Crippen LogP contribution < -0.4 is 0 Å². The first-order valence-electron chi connectivity index (χ1n) is 13.3. The van der Waals surface area contributed by atoms with Crippen LogP contribution in [-0.2, 0) is 23.9 Å². The summed E-state index contributed by atoms with van der Waals surface area (Å²) in [5, 5.41) is 35.2. The molecule has 8 atom stereocenters. The van der Waals surface area contributed by atoms with E-state index in [0.717, 1.165) is 5.56 Å². The molecule has 0 heterocycles. The molecule has 1 aromatic rings. The Morgan fingerprint density at radius 1 is 1.08 bits per heavy atom. The minimum absolute atomic E-state index is 0.0343. The van der Waals surface area contributed by atoms with Gasteiger partial charge in [-0.25, -0.2) is 4.79 Å². The van der Waals surface area contributed by atoms with Gasteiger partial charge in [0.05, 0.1) is 12.2 Å². The van der Waals surface area contributed by atoms with Gasteiger partial charge in [0.1, 0.15) is 12.2 Å². The van der Waals surface area contributed by atoms with Crippen molar-refractivity contribution >= 4 is 23.8 Å². The number of fused-ring (bicyclic) bond motifs is 3. The summed E-state index contributed by atoms with van der Waals surface area (Å²) in [6.07, 6.45) is -3.27. The molecule has 2 bridgehead atoms. The van der Waals surface area contributed by atoms with Gasteiger partial charge in [0.15, 0.2) is 11.9 Å². The normalized spacial score (nSPS) is 36.2. The molecule has 8 nitrogen and oxygen atoms in total. The quantitative estimate of drug-likeness (QED) is 0.303. The topological polar surface area (TPSA) is 130 Å². The number of benzene rings is 1. The molecule has 4 rings (SSSR count). The minimum atomic E-state index is -1.49. The van der Waals surface area contributed by atoms with Gasteiger partial charge >= 0.3 is 11.9 Å². The maximum atomic E-state index is 13.1. The lowest BCUT2D eigenvalue weighted by molar-refractivity contribution is -0.205. The van der Waals surface area contributed by atoms with Gasteiger partial charge in [0, 0.05) is 43.1 Å². The molecule has 8 unspecified atom stereocenters. The highest BCUT2D eigenvalue weighted by molar-refractivity contribution is 5.97. The maximum Gasteiger partial charge on any atom is 0.331 e. The van der Waals surface area contributed by atoms with Crippen LogP contribution in [0, 0.1) is 22.7 Å². The zero-order valence-corrected chi connectivity index (χ0v) is 23.1. The van der Waals surface area contributed by atoms with Crippen LogP contribution in [0.2, 0.25) is 0 Å². The highest BCUT2D eigenvalue weighted by Crippen LogP contribution is 2.59. The second kappa shape index (κ2) is 10.5. The molecule has 3 aliphatic carbocycles. The number of carbonyl (C=O) groups is 3. The van der Waals surface area contributed by atoms with E-state index in [2.05, 4.69) is 6.58 Å². The number of allylic oxidation sites excluding steroid dienone is 1. The average Bonchev–Trinajstić information content (AvgIpc) is 2.87. The molecule has 0 radical (unpaired) electrons. The number of ether oxygens (including phenoxy) is 2. The molecule has 3 aliphatic rings. The fraction of sp³-hybridized carbons (Fsp3) is 0.516. The predicted molar refractivity (Wildman–Crippen MR) is 144 cm³/mol. The predicted octanol–water partition coefficient (Wildman–Crippen LogP) is 3.15. The number of ketones is 1. The van der Waals surface area contributed by atoms with Crippen molar-refractivity contribution in [2.24, 2.45) is 22.7 Å². The summed E-state index contributed by atoms with van der Waals surface area (Å²) in [4.78, 5) is 38.0. The number of carbonyl (C=O) groups excluding carboxylic acids is 3. The van der Waals surface area contributed by atoms with Gasteiger partial charge in [-0.15, -0.1) is 0 Å². The highest BCUT2D eigenvalue weighted by Gasteiger charge is 2.64. The van der Waals surface area contributed by atoms with E-state index in [1.807, 2.05) is 44.2 Å². The number of esters is 2. The van der Waals surface area contributed by atoms with Crippen molar-refractivity contribution in [2.45, 2.75) is 78.0 Å². The van der Waals surface area contributed by atoms with Crippen LogP contribution in [0.3, 0.4) is 0 Å². The third-order valence-electron chi connectivity index (χ3n) is 9.21. The SMILES string of the molecule is C=C1C(OC(=O)C=Cc2ccccc2)CC(O)C2(C)C(O)C(OC(C)=O)C3=C(C)C(=O)CC(C(O)C12)C3(C)C. The first-order chi connectivity index (χ1) is 18.2. The number of aliphatic hydroxyl groups excluding tert-OH is 3. The van der Waals surface area contributed by atoms with Crippen molar-refractivity contribution < 1.29 is 39.2 Å². The second-order valence-electron chi connectivity index (χ2n) is 11.8. The lowest BCUT2D eigenvalue weighted by Gasteiger charge is -2.59. The molecule has 0 saturated heterocycles. The van der Waals surface area contributed by atoms with Crippen LogP contribution in [0.15, 0.2) is 59.7 Å². The number of hydrogen-bond acceptors (Lipinski definition) is 8. The van der Waals surface area contributed by atoms with E-state index in [4.69, 9.17) is 9.47 Å². The summed E-state index contributed by atoms with van der Waals surface area (Å²) < 4.78 is 11.4. The van der Waals surface area contributed by atoms with Gasteiger partial charge in [0.2, 0.25) is 0 Å². The molecule has 8 heteroatoms. The fourth-order valence-electron chi connectivity index (χ4n) is 7.00. The Balaban J connectivity index is 1.75. The van der Waals surface area contributed by atoms with E-state index >= 15 is 0 Å². The van der Waals surface area contributed by atoms with Crippen LogP contribution in [0.25, 0.3) is 6.08 Å². The summed E-state index contributed by atoms with van der Waals surface area (Å²) >= 11 is 0. The Bertz CT molecular complexity index is 1230. The van der Waals surface area contributed by atoms with E-state index in [1.165, 1.54) is 13.0 Å². The molecule has 0 aliphatic heterocycles. The monoisotopic (exact) mass is 538 g/mol. The molecular formula is C31H38O8. The summed E-state index contributed by atoms with van der Waals surface area (Å²) in [5.74, 6) is -3.10. The molecule has 1 aromatic carbocycles. The summed E-state index contributed by atoms with van der Waals surface area (Å²) in [6.45, 7) is 12.4. The van der Waals surface area contributed by atoms with Crippen LogP contribution in [0.5, 0.6) is 0 Å². The molecule has 0 spiro atoms. The second-order valence-corrected chi connectivity index (χ2v) is 11.8. The first kappa shape index (κ1) is 28.9. The van der Waals surface area contributed by atoms with Crippen LogP contribution >= 0.6 is 0 Å². The van der Waals surface area contributed by atoms with Crippen molar-refractivity contribution in [3.8, 4) is 0 Å². The smallest absolute Gasteiger partial charge is 0.331 e. The van der Waals surface area contributed by atoms with Crippen molar-refractivity contribution in [3.63, 3.8) is 0 Å². The minimum Gasteiger partial charge on any atom is -0.455 e. The molecule has 3 N–H and O–H groups in total. The largest absolute Gasteiger partial charge is 0.455 e. The number of Topliss-reactive ketones (excluding diaryl/α,β-unsaturated/α-hetero) is 1. The van der Waals surface area contributed by atoms with Gasteiger partial charge in [-0.2, -0.15) is 0 Å². The van der Waals surface area contributed by atoms with Crippen LogP contribution in [0.4, 0.5) is 0 Å². The Kier molecular flexibility index (Phi) is 7.78. The zero-order valence-electron chi connectivity index (χ0n) is 23.1. The Labute approximate surface area is 229 Å². The molecule has 0 aromatic heterocycles. The average molecular weight is 539 g/mol. The van der Waals surface area contributed by atoms with E-state index in [9.17, 15) is 29.7 Å². The first-order valence-corrected chi connectivity index (χ1v) is 13.3. The van der Waals surface area contributed by atoms with Gasteiger partial charge in [-0.3, -0.25) is 9.59 Å². The van der Waals surface area contributed by atoms with E-state index in [0.29, 0.717) is 16.7 Å².